The molecule has 3 rings (SSSR count). The molecule has 1 aliphatic rings. The zero-order chi connectivity index (χ0) is 16.9. The van der Waals surface area contributed by atoms with Crippen molar-refractivity contribution >= 4 is 11.9 Å². The van der Waals surface area contributed by atoms with Crippen LogP contribution >= 0.6 is 0 Å². The molecular weight excluding hydrogens is 309 g/mol. The number of carbonyl (C=O) groups is 1. The second kappa shape index (κ2) is 7.04. The van der Waals surface area contributed by atoms with Crippen LogP contribution < -0.4 is 10.2 Å². The fourth-order valence-electron chi connectivity index (χ4n) is 2.75. The van der Waals surface area contributed by atoms with Gasteiger partial charge in [-0.25, -0.2) is 14.4 Å². The first-order valence-electron chi connectivity index (χ1n) is 7.70. The van der Waals surface area contributed by atoms with Crippen LogP contribution in [0.15, 0.2) is 36.7 Å². The van der Waals surface area contributed by atoms with Crippen LogP contribution in [0.4, 0.5) is 10.3 Å². The van der Waals surface area contributed by atoms with Crippen molar-refractivity contribution in [3.05, 3.63) is 53.6 Å². The van der Waals surface area contributed by atoms with Gasteiger partial charge in [0.05, 0.1) is 5.56 Å². The number of halogens is 1. The molecule has 1 aliphatic heterocycles. The Balaban J connectivity index is 1.67. The number of hydrogen-bond acceptors (Lipinski definition) is 5. The van der Waals surface area contributed by atoms with Crippen LogP contribution in [-0.2, 0) is 0 Å². The number of anilines is 1. The molecule has 24 heavy (non-hydrogen) atoms. The number of nitriles is 1. The van der Waals surface area contributed by atoms with Gasteiger partial charge < -0.3 is 10.2 Å². The zero-order valence-corrected chi connectivity index (χ0v) is 12.9. The van der Waals surface area contributed by atoms with Gasteiger partial charge in [-0.05, 0) is 37.1 Å². The van der Waals surface area contributed by atoms with Gasteiger partial charge in [-0.1, -0.05) is 0 Å². The minimum Gasteiger partial charge on any atom is -0.348 e. The minimum atomic E-state index is -0.626. The summed E-state index contributed by atoms with van der Waals surface area (Å²) in [5.41, 5.74) is 0.145. The minimum absolute atomic E-state index is 0.0503. The standard InChI is InChI=1S/C17H16FN5O/c18-15-5-4-12(9-13(15)10-19)16(24)22-14-3-1-8-23(11-14)17-20-6-2-7-21-17/h2,4-7,9,14H,1,3,8,11H2,(H,22,24). The van der Waals surface area contributed by atoms with E-state index in [1.807, 2.05) is 4.90 Å². The van der Waals surface area contributed by atoms with Crippen molar-refractivity contribution < 1.29 is 9.18 Å². The molecule has 0 bridgehead atoms. The van der Waals surface area contributed by atoms with Gasteiger partial charge in [0.15, 0.2) is 0 Å². The van der Waals surface area contributed by atoms with Crippen LogP contribution in [0.1, 0.15) is 28.8 Å². The third-order valence-corrected chi connectivity index (χ3v) is 3.94. The molecule has 2 aromatic rings. The fraction of sp³-hybridized carbons (Fsp3) is 0.294. The molecule has 0 spiro atoms. The van der Waals surface area contributed by atoms with Crippen molar-refractivity contribution in [1.29, 1.82) is 5.26 Å². The average Bonchev–Trinajstić information content (AvgIpc) is 2.63. The Labute approximate surface area is 139 Å². The molecule has 0 radical (unpaired) electrons. The summed E-state index contributed by atoms with van der Waals surface area (Å²) < 4.78 is 13.4. The van der Waals surface area contributed by atoms with Crippen LogP contribution in [0.25, 0.3) is 0 Å². The molecule has 1 N–H and O–H groups in total. The van der Waals surface area contributed by atoms with Crippen molar-refractivity contribution in [2.75, 3.05) is 18.0 Å². The van der Waals surface area contributed by atoms with E-state index in [0.29, 0.717) is 12.5 Å². The third kappa shape index (κ3) is 3.49. The lowest BCUT2D eigenvalue weighted by Crippen LogP contribution is -2.48. The summed E-state index contributed by atoms with van der Waals surface area (Å²) in [5, 5.41) is 11.8. The monoisotopic (exact) mass is 325 g/mol. The number of amides is 1. The van der Waals surface area contributed by atoms with E-state index >= 15 is 0 Å². The Bertz CT molecular complexity index is 774. The number of piperidine rings is 1. The van der Waals surface area contributed by atoms with Gasteiger partial charge in [-0.3, -0.25) is 4.79 Å². The first-order valence-corrected chi connectivity index (χ1v) is 7.70. The number of nitrogens with zero attached hydrogens (tertiary/aromatic N) is 4. The van der Waals surface area contributed by atoms with Crippen LogP contribution in [0.3, 0.4) is 0 Å². The number of nitrogens with one attached hydrogen (secondary N) is 1. The molecule has 1 amide bonds. The highest BCUT2D eigenvalue weighted by Crippen LogP contribution is 2.16. The maximum atomic E-state index is 13.4. The summed E-state index contributed by atoms with van der Waals surface area (Å²) in [6, 6.07) is 7.24. The molecule has 1 aromatic carbocycles. The number of benzene rings is 1. The lowest BCUT2D eigenvalue weighted by molar-refractivity contribution is 0.0933. The quantitative estimate of drug-likeness (QED) is 0.932. The van der Waals surface area contributed by atoms with E-state index in [2.05, 4.69) is 15.3 Å². The van der Waals surface area contributed by atoms with Crippen molar-refractivity contribution in [3.63, 3.8) is 0 Å². The molecule has 0 saturated carbocycles. The summed E-state index contributed by atoms with van der Waals surface area (Å²) >= 11 is 0. The van der Waals surface area contributed by atoms with E-state index in [1.54, 1.807) is 24.5 Å². The van der Waals surface area contributed by atoms with Crippen LogP contribution in [0.5, 0.6) is 0 Å². The maximum Gasteiger partial charge on any atom is 0.251 e. The normalized spacial score (nSPS) is 17.2. The summed E-state index contributed by atoms with van der Waals surface area (Å²) in [7, 11) is 0. The maximum absolute atomic E-state index is 13.4. The molecule has 122 valence electrons. The van der Waals surface area contributed by atoms with Crippen molar-refractivity contribution in [2.45, 2.75) is 18.9 Å². The zero-order valence-electron chi connectivity index (χ0n) is 12.9. The lowest BCUT2D eigenvalue weighted by Gasteiger charge is -2.33. The Morgan fingerprint density at radius 1 is 1.38 bits per heavy atom. The first-order chi connectivity index (χ1) is 11.7. The average molecular weight is 325 g/mol. The highest BCUT2D eigenvalue weighted by molar-refractivity contribution is 5.94. The van der Waals surface area contributed by atoms with Gasteiger partial charge >= 0.3 is 0 Å². The Morgan fingerprint density at radius 3 is 2.92 bits per heavy atom. The van der Waals surface area contributed by atoms with Crippen molar-refractivity contribution in [3.8, 4) is 6.07 Å². The van der Waals surface area contributed by atoms with Crippen LogP contribution in [0, 0.1) is 17.1 Å². The smallest absolute Gasteiger partial charge is 0.251 e. The van der Waals surface area contributed by atoms with E-state index in [1.165, 1.54) is 12.1 Å². The molecule has 1 saturated heterocycles. The predicted molar refractivity (Wildman–Crippen MR) is 85.8 cm³/mol. The predicted octanol–water partition coefficient (Wildman–Crippen LogP) is 1.89. The van der Waals surface area contributed by atoms with Gasteiger partial charge in [-0.2, -0.15) is 5.26 Å². The number of carbonyl (C=O) groups excluding carboxylic acids is 1. The van der Waals surface area contributed by atoms with Gasteiger partial charge in [0.2, 0.25) is 5.95 Å². The number of hydrogen-bond donors (Lipinski definition) is 1. The second-order valence-corrected chi connectivity index (χ2v) is 5.61. The Hall–Kier alpha value is -3.01. The Morgan fingerprint density at radius 2 is 2.17 bits per heavy atom. The first kappa shape index (κ1) is 15.9. The molecule has 0 aliphatic carbocycles. The van der Waals surface area contributed by atoms with Gasteiger partial charge in [0.1, 0.15) is 11.9 Å². The molecule has 2 heterocycles. The molecule has 6 nitrogen and oxygen atoms in total. The molecular formula is C17H16FN5O. The molecule has 1 atom stereocenters. The summed E-state index contributed by atoms with van der Waals surface area (Å²) in [4.78, 5) is 22.8. The largest absolute Gasteiger partial charge is 0.348 e. The van der Waals surface area contributed by atoms with E-state index in [-0.39, 0.29) is 23.1 Å². The van der Waals surface area contributed by atoms with Gasteiger partial charge in [0, 0.05) is 37.1 Å². The summed E-state index contributed by atoms with van der Waals surface area (Å²) in [6.45, 7) is 1.45. The van der Waals surface area contributed by atoms with Gasteiger partial charge in [0.25, 0.3) is 5.91 Å². The van der Waals surface area contributed by atoms with E-state index in [4.69, 9.17) is 5.26 Å². The van der Waals surface area contributed by atoms with E-state index < -0.39 is 5.82 Å². The molecule has 7 heteroatoms. The SMILES string of the molecule is N#Cc1cc(C(=O)NC2CCCN(c3ncccn3)C2)ccc1F. The summed E-state index contributed by atoms with van der Waals surface area (Å²) in [6.07, 6.45) is 5.14. The number of rotatable bonds is 3. The second-order valence-electron chi connectivity index (χ2n) is 5.61. The molecule has 1 unspecified atom stereocenters. The number of aromatic nitrogens is 2. The fourth-order valence-corrected chi connectivity index (χ4v) is 2.75. The van der Waals surface area contributed by atoms with E-state index in [0.717, 1.165) is 25.5 Å². The topological polar surface area (TPSA) is 81.9 Å². The highest BCUT2D eigenvalue weighted by atomic mass is 19.1. The lowest BCUT2D eigenvalue weighted by atomic mass is 10.0. The molecule has 1 fully saturated rings. The van der Waals surface area contributed by atoms with Gasteiger partial charge in [-0.15, -0.1) is 0 Å². The van der Waals surface area contributed by atoms with Crippen LogP contribution in [-0.4, -0.2) is 35.0 Å². The van der Waals surface area contributed by atoms with Crippen molar-refractivity contribution in [1.82, 2.24) is 15.3 Å². The highest BCUT2D eigenvalue weighted by Gasteiger charge is 2.23. The van der Waals surface area contributed by atoms with Crippen LogP contribution in [0.2, 0.25) is 0 Å². The Kier molecular flexibility index (Phi) is 4.66. The summed E-state index contributed by atoms with van der Waals surface area (Å²) in [5.74, 6) is -0.295. The third-order valence-electron chi connectivity index (χ3n) is 3.94. The van der Waals surface area contributed by atoms with E-state index in [9.17, 15) is 9.18 Å². The molecule has 1 aromatic heterocycles. The van der Waals surface area contributed by atoms with Crippen molar-refractivity contribution in [2.24, 2.45) is 0 Å².